The Kier molecular flexibility index (Phi) is 2.22. The highest BCUT2D eigenvalue weighted by molar-refractivity contribution is 6.68. The number of nitrogens with zero attached hydrogens (tertiary/aromatic N) is 1. The molecule has 1 aromatic carbocycles. The number of carbonyl (C=O) groups excluding carboxylic acids is 1. The highest BCUT2D eigenvalue weighted by Crippen LogP contribution is 2.21. The molecule has 0 aliphatic rings. The van der Waals surface area contributed by atoms with Crippen LogP contribution in [0.15, 0.2) is 30.5 Å². The van der Waals surface area contributed by atoms with Crippen LogP contribution in [-0.4, -0.2) is 10.2 Å². The second-order valence-electron chi connectivity index (χ2n) is 3.10. The van der Waals surface area contributed by atoms with Gasteiger partial charge in [0.2, 0.25) is 0 Å². The van der Waals surface area contributed by atoms with E-state index in [2.05, 4.69) is 4.98 Å². The van der Waals surface area contributed by atoms with Crippen molar-refractivity contribution in [3.8, 4) is 0 Å². The molecule has 0 amide bonds. The molecule has 0 unspecified atom stereocenters. The third-order valence-corrected chi connectivity index (χ3v) is 2.39. The number of rotatable bonds is 1. The lowest BCUT2D eigenvalue weighted by Gasteiger charge is -2.03. The minimum absolute atomic E-state index is 0.442. The van der Waals surface area contributed by atoms with Gasteiger partial charge in [-0.1, -0.05) is 12.1 Å². The van der Waals surface area contributed by atoms with Gasteiger partial charge in [0.05, 0.1) is 5.52 Å². The van der Waals surface area contributed by atoms with E-state index in [9.17, 15) is 4.79 Å². The summed E-state index contributed by atoms with van der Waals surface area (Å²) in [7, 11) is 0. The van der Waals surface area contributed by atoms with Crippen LogP contribution < -0.4 is 0 Å². The lowest BCUT2D eigenvalue weighted by molar-refractivity contribution is 0.108. The maximum Gasteiger partial charge on any atom is 0.253 e. The van der Waals surface area contributed by atoms with Crippen molar-refractivity contribution in [3.05, 3.63) is 41.6 Å². The van der Waals surface area contributed by atoms with Gasteiger partial charge in [-0.05, 0) is 36.2 Å². The molecule has 0 fully saturated rings. The first-order chi connectivity index (χ1) is 6.70. The van der Waals surface area contributed by atoms with Crippen LogP contribution in [0.4, 0.5) is 0 Å². The van der Waals surface area contributed by atoms with Gasteiger partial charge in [-0.25, -0.2) is 0 Å². The molecule has 2 rings (SSSR count). The summed E-state index contributed by atoms with van der Waals surface area (Å²) in [5, 5.41) is 0.371. The van der Waals surface area contributed by atoms with Gasteiger partial charge in [-0.2, -0.15) is 0 Å². The van der Waals surface area contributed by atoms with Crippen LogP contribution in [0.1, 0.15) is 15.9 Å². The van der Waals surface area contributed by atoms with Crippen molar-refractivity contribution >= 4 is 27.7 Å². The van der Waals surface area contributed by atoms with Gasteiger partial charge in [-0.3, -0.25) is 9.78 Å². The Labute approximate surface area is 86.5 Å². The van der Waals surface area contributed by atoms with Crippen molar-refractivity contribution in [2.45, 2.75) is 6.92 Å². The molecule has 2 aromatic rings. The third kappa shape index (κ3) is 1.38. The lowest BCUT2D eigenvalue weighted by atomic mass is 10.1. The van der Waals surface area contributed by atoms with E-state index in [1.807, 2.05) is 19.1 Å². The van der Waals surface area contributed by atoms with Gasteiger partial charge >= 0.3 is 0 Å². The molecule has 0 aliphatic carbocycles. The van der Waals surface area contributed by atoms with Gasteiger partial charge in [0, 0.05) is 17.1 Å². The number of aromatic nitrogens is 1. The molecule has 1 heterocycles. The molecule has 2 nitrogen and oxygen atoms in total. The molecular weight excluding hydrogens is 198 g/mol. The molecule has 14 heavy (non-hydrogen) atoms. The van der Waals surface area contributed by atoms with Gasteiger partial charge in [0.15, 0.2) is 0 Å². The predicted octanol–water partition coefficient (Wildman–Crippen LogP) is 2.92. The van der Waals surface area contributed by atoms with E-state index in [1.54, 1.807) is 18.3 Å². The summed E-state index contributed by atoms with van der Waals surface area (Å²) in [6.07, 6.45) is 1.71. The van der Waals surface area contributed by atoms with Crippen molar-refractivity contribution < 1.29 is 4.79 Å². The lowest BCUT2D eigenvalue weighted by Crippen LogP contribution is -1.93. The Bertz CT molecular complexity index is 508. The van der Waals surface area contributed by atoms with Crippen molar-refractivity contribution in [3.63, 3.8) is 0 Å². The molecule has 0 aliphatic heterocycles. The van der Waals surface area contributed by atoms with Crippen LogP contribution in [0.2, 0.25) is 0 Å². The molecule has 70 valence electrons. The highest BCUT2D eigenvalue weighted by atomic mass is 35.5. The molecule has 3 heteroatoms. The molecular formula is C11H8ClNO. The average molecular weight is 206 g/mol. The van der Waals surface area contributed by atoms with Crippen LogP contribution >= 0.6 is 11.6 Å². The van der Waals surface area contributed by atoms with Crippen molar-refractivity contribution in [1.82, 2.24) is 4.98 Å². The number of pyridine rings is 1. The number of benzene rings is 1. The van der Waals surface area contributed by atoms with Crippen LogP contribution in [0.3, 0.4) is 0 Å². The van der Waals surface area contributed by atoms with Crippen molar-refractivity contribution in [2.24, 2.45) is 0 Å². The van der Waals surface area contributed by atoms with Crippen molar-refractivity contribution in [1.29, 1.82) is 0 Å². The highest BCUT2D eigenvalue weighted by Gasteiger charge is 2.08. The largest absolute Gasteiger partial charge is 0.276 e. The van der Waals surface area contributed by atoms with Gasteiger partial charge < -0.3 is 0 Å². The Morgan fingerprint density at radius 3 is 2.86 bits per heavy atom. The Hall–Kier alpha value is -1.41. The SMILES string of the molecule is Cc1ccc(C(=O)Cl)c2cccnc12. The maximum absolute atomic E-state index is 11.1. The Morgan fingerprint density at radius 1 is 1.36 bits per heavy atom. The number of hydrogen-bond donors (Lipinski definition) is 0. The summed E-state index contributed by atoms with van der Waals surface area (Å²) in [5.41, 5.74) is 2.39. The fourth-order valence-electron chi connectivity index (χ4n) is 1.49. The summed E-state index contributed by atoms with van der Waals surface area (Å²) < 4.78 is 0. The second kappa shape index (κ2) is 3.39. The number of aryl methyl sites for hydroxylation is 1. The van der Waals surface area contributed by atoms with E-state index >= 15 is 0 Å². The average Bonchev–Trinajstić information content (AvgIpc) is 2.18. The minimum atomic E-state index is -0.442. The topological polar surface area (TPSA) is 30.0 Å². The summed E-state index contributed by atoms with van der Waals surface area (Å²) >= 11 is 5.47. The van der Waals surface area contributed by atoms with Crippen molar-refractivity contribution in [2.75, 3.05) is 0 Å². The van der Waals surface area contributed by atoms with Gasteiger partial charge in [-0.15, -0.1) is 0 Å². The first-order valence-corrected chi connectivity index (χ1v) is 4.62. The monoisotopic (exact) mass is 205 g/mol. The van der Waals surface area contributed by atoms with Crippen LogP contribution in [0, 0.1) is 6.92 Å². The fraction of sp³-hybridized carbons (Fsp3) is 0.0909. The van der Waals surface area contributed by atoms with Gasteiger partial charge in [0.25, 0.3) is 5.24 Å². The number of hydrogen-bond acceptors (Lipinski definition) is 2. The first-order valence-electron chi connectivity index (χ1n) is 4.24. The molecule has 0 atom stereocenters. The normalized spacial score (nSPS) is 10.4. The van der Waals surface area contributed by atoms with Gasteiger partial charge in [0.1, 0.15) is 0 Å². The zero-order valence-corrected chi connectivity index (χ0v) is 8.38. The summed E-state index contributed by atoms with van der Waals surface area (Å²) in [6, 6.07) is 7.23. The van der Waals surface area contributed by atoms with E-state index < -0.39 is 5.24 Å². The standard InChI is InChI=1S/C11H8ClNO/c1-7-4-5-9(11(12)14)8-3-2-6-13-10(7)8/h2-6H,1H3. The second-order valence-corrected chi connectivity index (χ2v) is 3.45. The quantitative estimate of drug-likeness (QED) is 0.670. The molecule has 0 saturated carbocycles. The maximum atomic E-state index is 11.1. The molecule has 1 aromatic heterocycles. The zero-order chi connectivity index (χ0) is 10.1. The van der Waals surface area contributed by atoms with Crippen LogP contribution in [0.25, 0.3) is 10.9 Å². The van der Waals surface area contributed by atoms with E-state index in [0.29, 0.717) is 5.56 Å². The Balaban J connectivity index is 2.88. The molecule has 0 radical (unpaired) electrons. The summed E-state index contributed by atoms with van der Waals surface area (Å²) in [4.78, 5) is 15.3. The predicted molar refractivity (Wildman–Crippen MR) is 56.7 cm³/mol. The van der Waals surface area contributed by atoms with E-state index in [1.165, 1.54) is 0 Å². The zero-order valence-electron chi connectivity index (χ0n) is 7.62. The van der Waals surface area contributed by atoms with E-state index in [4.69, 9.17) is 11.6 Å². The third-order valence-electron chi connectivity index (χ3n) is 2.18. The van der Waals surface area contributed by atoms with Crippen LogP contribution in [0.5, 0.6) is 0 Å². The van der Waals surface area contributed by atoms with E-state index in [0.717, 1.165) is 16.5 Å². The fourth-order valence-corrected chi connectivity index (χ4v) is 1.65. The number of fused-ring (bicyclic) bond motifs is 1. The molecule has 0 spiro atoms. The first kappa shape index (κ1) is 9.16. The van der Waals surface area contributed by atoms with Crippen LogP contribution in [-0.2, 0) is 0 Å². The molecule has 0 N–H and O–H groups in total. The molecule has 0 saturated heterocycles. The minimum Gasteiger partial charge on any atom is -0.276 e. The smallest absolute Gasteiger partial charge is 0.253 e. The number of carbonyl (C=O) groups is 1. The Morgan fingerprint density at radius 2 is 2.14 bits per heavy atom. The number of halogens is 1. The summed E-state index contributed by atoms with van der Waals surface area (Å²) in [6.45, 7) is 1.96. The molecule has 0 bridgehead atoms. The summed E-state index contributed by atoms with van der Waals surface area (Å²) in [5.74, 6) is 0. The van der Waals surface area contributed by atoms with E-state index in [-0.39, 0.29) is 0 Å².